The lowest BCUT2D eigenvalue weighted by Crippen LogP contribution is -2.38. The summed E-state index contributed by atoms with van der Waals surface area (Å²) in [4.78, 5) is 10.5. The van der Waals surface area contributed by atoms with Crippen molar-refractivity contribution in [1.82, 2.24) is 9.97 Å². The predicted octanol–water partition coefficient (Wildman–Crippen LogP) is 3.30. The quantitative estimate of drug-likeness (QED) is 0.861. The minimum absolute atomic E-state index is 0.422. The molecular formula is C17H17ClN4O. The van der Waals surface area contributed by atoms with E-state index in [1.807, 2.05) is 12.1 Å². The van der Waals surface area contributed by atoms with Crippen molar-refractivity contribution in [3.8, 4) is 11.8 Å². The van der Waals surface area contributed by atoms with Crippen LogP contribution in [0.2, 0.25) is 5.02 Å². The molecule has 118 valence electrons. The first-order valence-corrected chi connectivity index (χ1v) is 7.97. The summed E-state index contributed by atoms with van der Waals surface area (Å²) in [6.07, 6.45) is 7.21. The predicted molar refractivity (Wildman–Crippen MR) is 88.6 cm³/mol. The topological polar surface area (TPSA) is 62.0 Å². The van der Waals surface area contributed by atoms with Gasteiger partial charge in [-0.05, 0) is 31.0 Å². The number of ether oxygens (including phenoxy) is 1. The van der Waals surface area contributed by atoms with Crippen LogP contribution in [0.15, 0.2) is 36.8 Å². The molecule has 0 aromatic carbocycles. The van der Waals surface area contributed by atoms with Gasteiger partial charge in [-0.1, -0.05) is 11.6 Å². The van der Waals surface area contributed by atoms with Gasteiger partial charge in [-0.3, -0.25) is 4.98 Å². The van der Waals surface area contributed by atoms with Crippen LogP contribution in [0.25, 0.3) is 0 Å². The van der Waals surface area contributed by atoms with Crippen molar-refractivity contribution < 1.29 is 4.74 Å². The highest BCUT2D eigenvalue weighted by Crippen LogP contribution is 2.28. The van der Waals surface area contributed by atoms with Crippen LogP contribution in [0.3, 0.4) is 0 Å². The molecule has 3 heterocycles. The Morgan fingerprint density at radius 2 is 2.22 bits per heavy atom. The third-order valence-corrected chi connectivity index (χ3v) is 4.18. The van der Waals surface area contributed by atoms with Gasteiger partial charge >= 0.3 is 0 Å². The molecule has 1 aliphatic rings. The van der Waals surface area contributed by atoms with E-state index in [1.54, 1.807) is 24.7 Å². The van der Waals surface area contributed by atoms with Gasteiger partial charge < -0.3 is 9.64 Å². The van der Waals surface area contributed by atoms with Gasteiger partial charge in [0.2, 0.25) is 0 Å². The lowest BCUT2D eigenvalue weighted by Gasteiger charge is -2.33. The Labute approximate surface area is 140 Å². The number of hydrogen-bond donors (Lipinski definition) is 0. The van der Waals surface area contributed by atoms with E-state index in [0.29, 0.717) is 23.1 Å². The van der Waals surface area contributed by atoms with Crippen LogP contribution >= 0.6 is 11.6 Å². The molecule has 0 amide bonds. The summed E-state index contributed by atoms with van der Waals surface area (Å²) in [6.45, 7) is 2.43. The highest BCUT2D eigenvalue weighted by Gasteiger charge is 2.23. The van der Waals surface area contributed by atoms with Crippen LogP contribution < -0.4 is 9.64 Å². The van der Waals surface area contributed by atoms with E-state index in [0.717, 1.165) is 37.5 Å². The molecule has 1 aliphatic heterocycles. The Hall–Kier alpha value is -2.32. The summed E-state index contributed by atoms with van der Waals surface area (Å²) in [7, 11) is 0. The number of aromatic nitrogens is 2. The first-order chi connectivity index (χ1) is 11.3. The summed E-state index contributed by atoms with van der Waals surface area (Å²) in [5.74, 6) is 2.01. The lowest BCUT2D eigenvalue weighted by atomic mass is 9.99. The lowest BCUT2D eigenvalue weighted by molar-refractivity contribution is 0.228. The fourth-order valence-corrected chi connectivity index (χ4v) is 3.05. The van der Waals surface area contributed by atoms with Crippen LogP contribution in [0.1, 0.15) is 18.4 Å². The molecule has 3 rings (SSSR count). The van der Waals surface area contributed by atoms with Gasteiger partial charge in [-0.15, -0.1) is 0 Å². The number of rotatable bonds is 4. The van der Waals surface area contributed by atoms with Gasteiger partial charge in [0.15, 0.2) is 0 Å². The Morgan fingerprint density at radius 3 is 2.96 bits per heavy atom. The largest absolute Gasteiger partial charge is 0.493 e. The second-order valence-corrected chi connectivity index (χ2v) is 6.00. The average Bonchev–Trinajstić information content (AvgIpc) is 2.61. The molecular weight excluding hydrogens is 312 g/mol. The highest BCUT2D eigenvalue weighted by atomic mass is 35.5. The van der Waals surface area contributed by atoms with Crippen LogP contribution in [0, 0.1) is 17.2 Å². The minimum atomic E-state index is 0.422. The van der Waals surface area contributed by atoms with Crippen molar-refractivity contribution in [1.29, 1.82) is 5.26 Å². The molecule has 0 spiro atoms. The van der Waals surface area contributed by atoms with E-state index < -0.39 is 0 Å². The maximum absolute atomic E-state index is 8.90. The van der Waals surface area contributed by atoms with Gasteiger partial charge in [0, 0.05) is 37.6 Å². The molecule has 1 unspecified atom stereocenters. The van der Waals surface area contributed by atoms with Crippen molar-refractivity contribution in [3.63, 3.8) is 0 Å². The molecule has 0 N–H and O–H groups in total. The zero-order valence-electron chi connectivity index (χ0n) is 12.7. The van der Waals surface area contributed by atoms with Gasteiger partial charge in [0.05, 0.1) is 17.2 Å². The Balaban J connectivity index is 1.63. The molecule has 23 heavy (non-hydrogen) atoms. The summed E-state index contributed by atoms with van der Waals surface area (Å²) in [6, 6.07) is 7.44. The monoisotopic (exact) mass is 328 g/mol. The smallest absolute Gasteiger partial charge is 0.147 e. The normalized spacial score (nSPS) is 17.6. The van der Waals surface area contributed by atoms with E-state index >= 15 is 0 Å². The molecule has 0 aliphatic carbocycles. The second-order valence-electron chi connectivity index (χ2n) is 5.59. The number of nitriles is 1. The zero-order valence-corrected chi connectivity index (χ0v) is 13.4. The molecule has 5 nitrogen and oxygen atoms in total. The fraction of sp³-hybridized carbons (Fsp3) is 0.353. The van der Waals surface area contributed by atoms with Crippen LogP contribution in [0.5, 0.6) is 5.75 Å². The Kier molecular flexibility index (Phi) is 4.94. The second kappa shape index (κ2) is 7.30. The number of hydrogen-bond acceptors (Lipinski definition) is 5. The van der Waals surface area contributed by atoms with Gasteiger partial charge in [0.25, 0.3) is 0 Å². The van der Waals surface area contributed by atoms with E-state index in [4.69, 9.17) is 21.6 Å². The maximum atomic E-state index is 8.90. The van der Waals surface area contributed by atoms with Crippen molar-refractivity contribution in [2.24, 2.45) is 5.92 Å². The van der Waals surface area contributed by atoms with Crippen LogP contribution in [0.4, 0.5) is 5.82 Å². The summed E-state index contributed by atoms with van der Waals surface area (Å²) >= 11 is 6.27. The first kappa shape index (κ1) is 15.6. The molecule has 0 radical (unpaired) electrons. The molecule has 1 atom stereocenters. The highest BCUT2D eigenvalue weighted by molar-refractivity contribution is 6.33. The minimum Gasteiger partial charge on any atom is -0.493 e. The molecule has 1 fully saturated rings. The first-order valence-electron chi connectivity index (χ1n) is 7.59. The maximum Gasteiger partial charge on any atom is 0.147 e. The summed E-state index contributed by atoms with van der Waals surface area (Å²) in [5.41, 5.74) is 0.480. The standard InChI is InChI=1S/C17H17ClN4O/c18-16-8-14(9-19)10-21-17(16)22-7-1-2-13(11-22)12-23-15-3-5-20-6-4-15/h3-6,8,10,13H,1-2,7,11-12H2. The number of anilines is 1. The van der Waals surface area contributed by atoms with Crippen molar-refractivity contribution in [2.75, 3.05) is 24.6 Å². The van der Waals surface area contributed by atoms with Crippen molar-refractivity contribution in [2.45, 2.75) is 12.8 Å². The fourth-order valence-electron chi connectivity index (χ4n) is 2.77. The zero-order chi connectivity index (χ0) is 16.1. The van der Waals surface area contributed by atoms with E-state index in [-0.39, 0.29) is 0 Å². The molecule has 1 saturated heterocycles. The third-order valence-electron chi connectivity index (χ3n) is 3.90. The molecule has 0 bridgehead atoms. The van der Waals surface area contributed by atoms with Gasteiger partial charge in [-0.25, -0.2) is 4.98 Å². The molecule has 2 aromatic rings. The molecule has 6 heteroatoms. The molecule has 0 saturated carbocycles. The number of piperidine rings is 1. The molecule has 2 aromatic heterocycles. The van der Waals surface area contributed by atoms with E-state index in [9.17, 15) is 0 Å². The van der Waals surface area contributed by atoms with Crippen LogP contribution in [-0.2, 0) is 0 Å². The number of halogens is 1. The summed E-state index contributed by atoms with van der Waals surface area (Å²) in [5, 5.41) is 9.43. The summed E-state index contributed by atoms with van der Waals surface area (Å²) < 4.78 is 5.83. The van der Waals surface area contributed by atoms with E-state index in [1.165, 1.54) is 0 Å². The number of nitrogens with zero attached hydrogens (tertiary/aromatic N) is 4. The number of pyridine rings is 2. The van der Waals surface area contributed by atoms with Crippen molar-refractivity contribution >= 4 is 17.4 Å². The van der Waals surface area contributed by atoms with Gasteiger partial charge in [-0.2, -0.15) is 5.26 Å². The van der Waals surface area contributed by atoms with Gasteiger partial charge in [0.1, 0.15) is 17.6 Å². The Morgan fingerprint density at radius 1 is 1.39 bits per heavy atom. The third kappa shape index (κ3) is 3.91. The average molecular weight is 329 g/mol. The Bertz CT molecular complexity index is 701. The van der Waals surface area contributed by atoms with Crippen molar-refractivity contribution in [3.05, 3.63) is 47.4 Å². The SMILES string of the molecule is N#Cc1cnc(N2CCCC(COc3ccncc3)C2)c(Cl)c1. The van der Waals surface area contributed by atoms with Crippen LogP contribution in [-0.4, -0.2) is 29.7 Å². The van der Waals surface area contributed by atoms with E-state index in [2.05, 4.69) is 20.9 Å².